The normalized spacial score (nSPS) is 15.7. The van der Waals surface area contributed by atoms with E-state index in [2.05, 4.69) is 0 Å². The van der Waals surface area contributed by atoms with Crippen molar-refractivity contribution < 1.29 is 17.9 Å². The summed E-state index contributed by atoms with van der Waals surface area (Å²) in [5.74, 6) is 0.479. The van der Waals surface area contributed by atoms with Gasteiger partial charge in [-0.1, -0.05) is 29.3 Å². The van der Waals surface area contributed by atoms with Crippen LogP contribution in [0.15, 0.2) is 47.4 Å². The minimum Gasteiger partial charge on any atom is -0.496 e. The van der Waals surface area contributed by atoms with Gasteiger partial charge in [0.05, 0.1) is 12.0 Å². The quantitative estimate of drug-likeness (QED) is 0.672. The fraction of sp³-hybridized carbons (Fsp3) is 0.409. The number of sulfonamides is 1. The number of piperidine rings is 1. The first-order chi connectivity index (χ1) is 14.2. The molecule has 0 N–H and O–H groups in total. The molecule has 0 aromatic heterocycles. The topological polar surface area (TPSA) is 66.9 Å². The number of benzene rings is 2. The Balaban J connectivity index is 1.62. The van der Waals surface area contributed by atoms with E-state index in [0.29, 0.717) is 48.1 Å². The molecule has 0 unspecified atom stereocenters. The molecule has 162 valence electrons. The van der Waals surface area contributed by atoms with Crippen LogP contribution in [0.25, 0.3) is 0 Å². The summed E-state index contributed by atoms with van der Waals surface area (Å²) in [5, 5.41) is 0.585. The fourth-order valence-electron chi connectivity index (χ4n) is 3.72. The van der Waals surface area contributed by atoms with Crippen molar-refractivity contribution in [1.29, 1.82) is 0 Å². The van der Waals surface area contributed by atoms with Crippen molar-refractivity contribution in [2.45, 2.75) is 31.2 Å². The Morgan fingerprint density at radius 1 is 1.17 bits per heavy atom. The third kappa shape index (κ3) is 4.96. The van der Waals surface area contributed by atoms with E-state index in [4.69, 9.17) is 16.3 Å². The van der Waals surface area contributed by atoms with Crippen LogP contribution in [-0.2, 0) is 21.4 Å². The lowest BCUT2D eigenvalue weighted by Gasteiger charge is -2.32. The standard InChI is InChI=1S/C22H27ClN2O4S/c1-16-4-7-20(8-5-16)30(27,28)25-12-10-17(11-13-25)22(26)24(2)15-18-14-19(23)6-9-21(18)29-3/h4-9,14,17H,10-13,15H2,1-3H3. The van der Waals surface area contributed by atoms with Gasteiger partial charge in [0.15, 0.2) is 0 Å². The van der Waals surface area contributed by atoms with Gasteiger partial charge in [-0.2, -0.15) is 4.31 Å². The molecule has 2 aromatic rings. The first kappa shape index (κ1) is 22.6. The zero-order valence-electron chi connectivity index (χ0n) is 17.5. The number of methoxy groups -OCH3 is 1. The monoisotopic (exact) mass is 450 g/mol. The summed E-state index contributed by atoms with van der Waals surface area (Å²) in [7, 11) is -0.203. The highest BCUT2D eigenvalue weighted by Gasteiger charge is 2.33. The Labute approximate surface area is 183 Å². The number of aryl methyl sites for hydroxylation is 1. The number of hydrogen-bond acceptors (Lipinski definition) is 4. The van der Waals surface area contributed by atoms with Crippen molar-refractivity contribution in [2.24, 2.45) is 5.92 Å². The first-order valence-electron chi connectivity index (χ1n) is 9.86. The van der Waals surface area contributed by atoms with Crippen LogP contribution in [-0.4, -0.2) is 50.8 Å². The van der Waals surface area contributed by atoms with E-state index in [1.807, 2.05) is 6.92 Å². The molecule has 3 rings (SSSR count). The Morgan fingerprint density at radius 3 is 2.40 bits per heavy atom. The Bertz CT molecular complexity index is 1000. The lowest BCUT2D eigenvalue weighted by molar-refractivity contribution is -0.135. The van der Waals surface area contributed by atoms with Crippen molar-refractivity contribution in [3.8, 4) is 5.75 Å². The van der Waals surface area contributed by atoms with E-state index >= 15 is 0 Å². The molecule has 0 aliphatic carbocycles. The molecule has 1 aliphatic heterocycles. The van der Waals surface area contributed by atoms with E-state index in [9.17, 15) is 13.2 Å². The molecule has 0 bridgehead atoms. The van der Waals surface area contributed by atoms with E-state index in [-0.39, 0.29) is 11.8 Å². The van der Waals surface area contributed by atoms with Crippen molar-refractivity contribution >= 4 is 27.5 Å². The maximum absolute atomic E-state index is 12.9. The van der Waals surface area contributed by atoms with Crippen LogP contribution >= 0.6 is 11.6 Å². The van der Waals surface area contributed by atoms with Gasteiger partial charge < -0.3 is 9.64 Å². The van der Waals surface area contributed by atoms with Gasteiger partial charge in [-0.3, -0.25) is 4.79 Å². The molecule has 1 fully saturated rings. The summed E-state index contributed by atoms with van der Waals surface area (Å²) in [6.07, 6.45) is 1.00. The molecule has 0 saturated carbocycles. The summed E-state index contributed by atoms with van der Waals surface area (Å²) in [4.78, 5) is 14.9. The van der Waals surface area contributed by atoms with Crippen LogP contribution in [0, 0.1) is 12.8 Å². The Hall–Kier alpha value is -2.09. The molecule has 30 heavy (non-hydrogen) atoms. The van der Waals surface area contributed by atoms with Crippen LogP contribution in [0.3, 0.4) is 0 Å². The number of rotatable bonds is 6. The highest BCUT2D eigenvalue weighted by Crippen LogP contribution is 2.27. The zero-order chi connectivity index (χ0) is 21.9. The van der Waals surface area contributed by atoms with E-state index in [1.165, 1.54) is 4.31 Å². The number of amides is 1. The molecule has 8 heteroatoms. The fourth-order valence-corrected chi connectivity index (χ4v) is 5.38. The number of hydrogen-bond donors (Lipinski definition) is 0. The van der Waals surface area contributed by atoms with Gasteiger partial charge in [0.2, 0.25) is 15.9 Å². The third-order valence-corrected chi connectivity index (χ3v) is 7.64. The van der Waals surface area contributed by atoms with Gasteiger partial charge in [-0.05, 0) is 50.1 Å². The number of nitrogens with zero attached hydrogens (tertiary/aromatic N) is 2. The number of carbonyl (C=O) groups excluding carboxylic acids is 1. The molecule has 1 saturated heterocycles. The summed E-state index contributed by atoms with van der Waals surface area (Å²) < 4.78 is 32.5. The molecule has 1 heterocycles. The van der Waals surface area contributed by atoms with Crippen molar-refractivity contribution in [1.82, 2.24) is 9.21 Å². The molecule has 1 amide bonds. The highest BCUT2D eigenvalue weighted by molar-refractivity contribution is 7.89. The summed E-state index contributed by atoms with van der Waals surface area (Å²) in [6.45, 7) is 2.97. The van der Waals surface area contributed by atoms with Crippen LogP contribution in [0.5, 0.6) is 5.75 Å². The minimum atomic E-state index is -3.53. The van der Waals surface area contributed by atoms with Crippen LogP contribution in [0.4, 0.5) is 0 Å². The van der Waals surface area contributed by atoms with E-state index < -0.39 is 10.0 Å². The van der Waals surface area contributed by atoms with Crippen LogP contribution < -0.4 is 4.74 Å². The zero-order valence-corrected chi connectivity index (χ0v) is 19.0. The third-order valence-electron chi connectivity index (χ3n) is 5.49. The van der Waals surface area contributed by atoms with Crippen molar-refractivity contribution in [2.75, 3.05) is 27.2 Å². The summed E-state index contributed by atoms with van der Waals surface area (Å²) in [5.41, 5.74) is 1.85. The van der Waals surface area contributed by atoms with Crippen LogP contribution in [0.1, 0.15) is 24.0 Å². The lowest BCUT2D eigenvalue weighted by atomic mass is 9.96. The van der Waals surface area contributed by atoms with E-state index in [1.54, 1.807) is 61.5 Å². The second-order valence-electron chi connectivity index (χ2n) is 7.64. The van der Waals surface area contributed by atoms with Gasteiger partial charge in [-0.15, -0.1) is 0 Å². The highest BCUT2D eigenvalue weighted by atomic mass is 35.5. The summed E-state index contributed by atoms with van der Waals surface area (Å²) in [6, 6.07) is 12.2. The summed E-state index contributed by atoms with van der Waals surface area (Å²) >= 11 is 6.08. The second-order valence-corrected chi connectivity index (χ2v) is 10.0. The predicted molar refractivity (Wildman–Crippen MR) is 117 cm³/mol. The molecular formula is C22H27ClN2O4S. The minimum absolute atomic E-state index is 0.00409. The van der Waals surface area contributed by atoms with Crippen LogP contribution in [0.2, 0.25) is 5.02 Å². The smallest absolute Gasteiger partial charge is 0.243 e. The van der Waals surface area contributed by atoms with E-state index in [0.717, 1.165) is 11.1 Å². The molecule has 2 aromatic carbocycles. The molecule has 0 atom stereocenters. The number of carbonyl (C=O) groups is 1. The van der Waals surface area contributed by atoms with Crippen molar-refractivity contribution in [3.63, 3.8) is 0 Å². The second kappa shape index (κ2) is 9.37. The van der Waals surface area contributed by atoms with Gasteiger partial charge in [-0.25, -0.2) is 8.42 Å². The van der Waals surface area contributed by atoms with Gasteiger partial charge in [0.1, 0.15) is 5.75 Å². The first-order valence-corrected chi connectivity index (χ1v) is 11.7. The molecule has 0 spiro atoms. The average molecular weight is 451 g/mol. The predicted octanol–water partition coefficient (Wildman–Crippen LogP) is 3.72. The van der Waals surface area contributed by atoms with Crippen molar-refractivity contribution in [3.05, 3.63) is 58.6 Å². The lowest BCUT2D eigenvalue weighted by Crippen LogP contribution is -2.43. The molecule has 1 aliphatic rings. The Morgan fingerprint density at radius 2 is 1.80 bits per heavy atom. The van der Waals surface area contributed by atoms with Gasteiger partial charge in [0.25, 0.3) is 0 Å². The average Bonchev–Trinajstić information content (AvgIpc) is 2.74. The number of halogens is 1. The van der Waals surface area contributed by atoms with Gasteiger partial charge in [0, 0.05) is 43.2 Å². The van der Waals surface area contributed by atoms with Gasteiger partial charge >= 0.3 is 0 Å². The molecule has 6 nitrogen and oxygen atoms in total. The SMILES string of the molecule is COc1ccc(Cl)cc1CN(C)C(=O)C1CCN(S(=O)(=O)c2ccc(C)cc2)CC1. The molecular weight excluding hydrogens is 424 g/mol. The Kier molecular flexibility index (Phi) is 7.06. The maximum Gasteiger partial charge on any atom is 0.243 e. The molecule has 0 radical (unpaired) electrons. The largest absolute Gasteiger partial charge is 0.496 e. The maximum atomic E-state index is 12.9. The number of ether oxygens (including phenoxy) is 1.